The van der Waals surface area contributed by atoms with Gasteiger partial charge in [-0.25, -0.2) is 8.42 Å². The predicted molar refractivity (Wildman–Crippen MR) is 133 cm³/mol. The van der Waals surface area contributed by atoms with Crippen molar-refractivity contribution < 1.29 is 13.3 Å². The Balaban J connectivity index is 1.47. The summed E-state index contributed by atoms with van der Waals surface area (Å²) < 4.78 is 26.8. The fraction of sp³-hybridized carbons (Fsp3) is 0.208. The lowest BCUT2D eigenvalue weighted by atomic mass is 10.2. The van der Waals surface area contributed by atoms with E-state index in [1.165, 1.54) is 16.4 Å². The first-order chi connectivity index (χ1) is 16.4. The number of hydrogen-bond donors (Lipinski definition) is 1. The third kappa shape index (κ3) is 5.08. The van der Waals surface area contributed by atoms with Gasteiger partial charge in [-0.15, -0.1) is 0 Å². The number of rotatable bonds is 8. The van der Waals surface area contributed by atoms with Gasteiger partial charge in [0.05, 0.1) is 16.0 Å². The van der Waals surface area contributed by atoms with Crippen LogP contribution in [0.2, 0.25) is 0 Å². The molecule has 1 heterocycles. The van der Waals surface area contributed by atoms with E-state index in [9.17, 15) is 18.5 Å². The zero-order valence-electron chi connectivity index (χ0n) is 18.7. The summed E-state index contributed by atoms with van der Waals surface area (Å²) in [5, 5.41) is 15.7. The number of anilines is 3. The summed E-state index contributed by atoms with van der Waals surface area (Å²) in [5.41, 5.74) is 5.29. The Morgan fingerprint density at radius 1 is 1.00 bits per heavy atom. The molecule has 0 aromatic heterocycles. The highest BCUT2D eigenvalue weighted by atomic mass is 32.2. The Bertz CT molecular complexity index is 1290. The van der Waals surface area contributed by atoms with Gasteiger partial charge in [0.2, 0.25) is 10.0 Å². The van der Waals surface area contributed by atoms with Crippen LogP contribution in [-0.4, -0.2) is 44.0 Å². The van der Waals surface area contributed by atoms with Gasteiger partial charge in [0.1, 0.15) is 5.69 Å². The number of hydrazone groups is 1. The lowest BCUT2D eigenvalue weighted by Crippen LogP contribution is -2.27. The largest absolute Gasteiger partial charge is 0.345 e. The summed E-state index contributed by atoms with van der Waals surface area (Å²) >= 11 is 0. The smallest absolute Gasteiger partial charge is 0.295 e. The van der Waals surface area contributed by atoms with Gasteiger partial charge in [-0.2, -0.15) is 9.41 Å². The van der Waals surface area contributed by atoms with E-state index < -0.39 is 14.9 Å². The molecule has 4 rings (SSSR count). The summed E-state index contributed by atoms with van der Waals surface area (Å²) in [6, 6.07) is 21.5. The van der Waals surface area contributed by atoms with E-state index in [1.54, 1.807) is 6.21 Å². The molecule has 0 amide bonds. The van der Waals surface area contributed by atoms with Crippen LogP contribution in [0, 0.1) is 10.1 Å². The van der Waals surface area contributed by atoms with Crippen LogP contribution in [0.25, 0.3) is 0 Å². The number of benzene rings is 3. The molecule has 0 unspecified atom stereocenters. The van der Waals surface area contributed by atoms with Crippen LogP contribution in [0.3, 0.4) is 0 Å². The molecule has 0 spiro atoms. The summed E-state index contributed by atoms with van der Waals surface area (Å²) in [6.07, 6.45) is 3.13. The molecular formula is C24H25N5O4S. The minimum absolute atomic E-state index is 0.0891. The molecule has 0 saturated carbocycles. The highest BCUT2D eigenvalue weighted by Gasteiger charge is 2.29. The fourth-order valence-electron chi connectivity index (χ4n) is 3.76. The highest BCUT2D eigenvalue weighted by molar-refractivity contribution is 7.89. The lowest BCUT2D eigenvalue weighted by molar-refractivity contribution is -0.384. The molecule has 1 aliphatic heterocycles. The van der Waals surface area contributed by atoms with Crippen molar-refractivity contribution in [2.75, 3.05) is 30.5 Å². The maximum Gasteiger partial charge on any atom is 0.295 e. The fourth-order valence-corrected chi connectivity index (χ4v) is 5.29. The number of sulfonamides is 1. The van der Waals surface area contributed by atoms with Crippen molar-refractivity contribution in [3.05, 3.63) is 88.5 Å². The molecule has 176 valence electrons. The molecule has 0 atom stereocenters. The maximum absolute atomic E-state index is 12.7. The number of para-hydroxylation sites is 1. The Kier molecular flexibility index (Phi) is 6.90. The highest BCUT2D eigenvalue weighted by Crippen LogP contribution is 2.30. The van der Waals surface area contributed by atoms with Gasteiger partial charge in [0.15, 0.2) is 0 Å². The van der Waals surface area contributed by atoms with E-state index in [2.05, 4.69) is 15.4 Å². The summed E-state index contributed by atoms with van der Waals surface area (Å²) in [6.45, 7) is 0.862. The van der Waals surface area contributed by atoms with Crippen molar-refractivity contribution in [1.29, 1.82) is 0 Å². The monoisotopic (exact) mass is 479 g/mol. The predicted octanol–water partition coefficient (Wildman–Crippen LogP) is 4.59. The van der Waals surface area contributed by atoms with Crippen LogP contribution in [0.5, 0.6) is 0 Å². The van der Waals surface area contributed by atoms with Gasteiger partial charge >= 0.3 is 0 Å². The quantitative estimate of drug-likeness (QED) is 0.288. The first-order valence-corrected chi connectivity index (χ1v) is 12.3. The van der Waals surface area contributed by atoms with Gasteiger partial charge in [-0.3, -0.25) is 15.5 Å². The Morgan fingerprint density at radius 2 is 1.65 bits per heavy atom. The van der Waals surface area contributed by atoms with Crippen molar-refractivity contribution in [2.24, 2.45) is 5.10 Å². The summed E-state index contributed by atoms with van der Waals surface area (Å²) in [5.74, 6) is 0. The van der Waals surface area contributed by atoms with Crippen LogP contribution < -0.4 is 10.3 Å². The minimum atomic E-state index is -3.75. The molecule has 0 radical (unpaired) electrons. The Labute approximate surface area is 198 Å². The maximum atomic E-state index is 12.7. The van der Waals surface area contributed by atoms with Gasteiger partial charge in [-0.05, 0) is 54.8 Å². The van der Waals surface area contributed by atoms with E-state index in [0.29, 0.717) is 13.1 Å². The average Bonchev–Trinajstić information content (AvgIpc) is 3.41. The van der Waals surface area contributed by atoms with Crippen LogP contribution >= 0.6 is 0 Å². The molecular weight excluding hydrogens is 454 g/mol. The SMILES string of the molecule is CN(c1ccccc1)c1ccc(C=NNc2ccc(S(=O)(=O)N3CCCC3)cc2[N+](=O)[O-])cc1. The molecule has 9 nitrogen and oxygen atoms in total. The molecule has 10 heteroatoms. The Morgan fingerprint density at radius 3 is 2.29 bits per heavy atom. The number of nitro benzene ring substituents is 1. The standard InChI is InChI=1S/C24H25N5O4S/c1-27(20-7-3-2-4-8-20)21-11-9-19(10-12-21)18-25-26-23-14-13-22(17-24(23)29(30)31)34(32,33)28-15-5-6-16-28/h2-4,7-14,17-18,26H,5-6,15-16H2,1H3. The zero-order valence-corrected chi connectivity index (χ0v) is 19.5. The van der Waals surface area contributed by atoms with Crippen molar-refractivity contribution >= 4 is 39.0 Å². The van der Waals surface area contributed by atoms with E-state index in [1.807, 2.05) is 61.6 Å². The first-order valence-electron chi connectivity index (χ1n) is 10.8. The van der Waals surface area contributed by atoms with Crippen molar-refractivity contribution in [2.45, 2.75) is 17.7 Å². The second-order valence-corrected chi connectivity index (χ2v) is 9.84. The van der Waals surface area contributed by atoms with E-state index in [-0.39, 0.29) is 16.3 Å². The minimum Gasteiger partial charge on any atom is -0.345 e. The second kappa shape index (κ2) is 10.0. The van der Waals surface area contributed by atoms with E-state index in [4.69, 9.17) is 0 Å². The summed E-state index contributed by atoms with van der Waals surface area (Å²) in [7, 11) is -1.77. The average molecular weight is 480 g/mol. The number of nitrogens with one attached hydrogen (secondary N) is 1. The molecule has 1 aliphatic rings. The van der Waals surface area contributed by atoms with Crippen LogP contribution in [0.15, 0.2) is 82.8 Å². The molecule has 0 aliphatic carbocycles. The topological polar surface area (TPSA) is 108 Å². The molecule has 1 saturated heterocycles. The van der Waals surface area contributed by atoms with Gasteiger partial charge < -0.3 is 4.90 Å². The zero-order chi connectivity index (χ0) is 24.1. The van der Waals surface area contributed by atoms with Gasteiger partial charge in [-0.1, -0.05) is 30.3 Å². The number of hydrogen-bond acceptors (Lipinski definition) is 7. The third-order valence-electron chi connectivity index (χ3n) is 5.69. The molecule has 1 fully saturated rings. The van der Waals surface area contributed by atoms with Crippen LogP contribution in [-0.2, 0) is 10.0 Å². The third-order valence-corrected chi connectivity index (χ3v) is 7.59. The number of nitrogens with zero attached hydrogens (tertiary/aromatic N) is 4. The van der Waals surface area contributed by atoms with Crippen molar-refractivity contribution in [3.8, 4) is 0 Å². The van der Waals surface area contributed by atoms with E-state index in [0.717, 1.165) is 35.8 Å². The molecule has 1 N–H and O–H groups in total. The summed E-state index contributed by atoms with van der Waals surface area (Å²) in [4.78, 5) is 12.9. The molecule has 3 aromatic rings. The lowest BCUT2D eigenvalue weighted by Gasteiger charge is -2.19. The van der Waals surface area contributed by atoms with Gasteiger partial charge in [0, 0.05) is 37.6 Å². The molecule has 0 bridgehead atoms. The van der Waals surface area contributed by atoms with Crippen LogP contribution in [0.4, 0.5) is 22.7 Å². The second-order valence-electron chi connectivity index (χ2n) is 7.90. The normalized spacial score (nSPS) is 14.4. The number of nitro groups is 1. The van der Waals surface area contributed by atoms with Crippen LogP contribution in [0.1, 0.15) is 18.4 Å². The first kappa shape index (κ1) is 23.4. The van der Waals surface area contributed by atoms with Gasteiger partial charge in [0.25, 0.3) is 5.69 Å². The molecule has 3 aromatic carbocycles. The van der Waals surface area contributed by atoms with Crippen molar-refractivity contribution in [3.63, 3.8) is 0 Å². The molecule has 34 heavy (non-hydrogen) atoms. The van der Waals surface area contributed by atoms with Crippen molar-refractivity contribution in [1.82, 2.24) is 4.31 Å². The van der Waals surface area contributed by atoms with E-state index >= 15 is 0 Å². The Hall–Kier alpha value is -3.76.